The molecule has 6 nitrogen and oxygen atoms in total. The predicted molar refractivity (Wildman–Crippen MR) is 110 cm³/mol. The second-order valence-electron chi connectivity index (χ2n) is 7.06. The monoisotopic (exact) mass is 373 g/mol. The molecule has 0 aromatic carbocycles. The third-order valence-corrected chi connectivity index (χ3v) is 5.45. The first kappa shape index (κ1) is 18.3. The number of carbonyl (C=O) groups excluding carboxylic acids is 1. The summed E-state index contributed by atoms with van der Waals surface area (Å²) in [7, 11) is 2.03. The Morgan fingerprint density at radius 1 is 1.29 bits per heavy atom. The summed E-state index contributed by atoms with van der Waals surface area (Å²) in [4.78, 5) is 27.9. The Kier molecular flexibility index (Phi) is 4.88. The molecule has 4 heterocycles. The number of hydrogen-bond donors (Lipinski definition) is 0. The Hall–Kier alpha value is -3.12. The number of allylic oxidation sites excluding steroid dienone is 1. The number of ketones is 1. The number of carbonyl (C=O) groups is 1. The van der Waals surface area contributed by atoms with Crippen LogP contribution in [-0.4, -0.2) is 44.9 Å². The maximum absolute atomic E-state index is 12.5. The Morgan fingerprint density at radius 3 is 2.86 bits per heavy atom. The van der Waals surface area contributed by atoms with E-state index in [2.05, 4.69) is 26.0 Å². The van der Waals surface area contributed by atoms with E-state index in [1.165, 1.54) is 0 Å². The van der Waals surface area contributed by atoms with E-state index in [0.29, 0.717) is 12.8 Å². The highest BCUT2D eigenvalue weighted by molar-refractivity contribution is 5.81. The number of hydrogen-bond acceptors (Lipinski definition) is 5. The van der Waals surface area contributed by atoms with Gasteiger partial charge in [-0.05, 0) is 45.0 Å². The first-order chi connectivity index (χ1) is 13.6. The quantitative estimate of drug-likeness (QED) is 0.654. The standard InChI is InChI=1S/C22H23N5O/c1-4-17(23-2)20-11-16(28)12-21(26(20)3)18-14-27-19(8-5-9-22(27)25-18)15-7-6-10-24-13-15/h4-10,13-14,20-21H,2,11-12H2,1,3H3/b17-4+. The number of imidazole rings is 1. The molecular weight excluding hydrogens is 350 g/mol. The van der Waals surface area contributed by atoms with Crippen LogP contribution >= 0.6 is 0 Å². The van der Waals surface area contributed by atoms with Gasteiger partial charge in [0.1, 0.15) is 11.4 Å². The van der Waals surface area contributed by atoms with Crippen LogP contribution in [0.15, 0.2) is 65.7 Å². The molecular formula is C22H23N5O. The van der Waals surface area contributed by atoms with Gasteiger partial charge in [-0.25, -0.2) is 4.98 Å². The van der Waals surface area contributed by atoms with Gasteiger partial charge in [0.05, 0.1) is 29.2 Å². The van der Waals surface area contributed by atoms with Gasteiger partial charge in [-0.15, -0.1) is 0 Å². The van der Waals surface area contributed by atoms with Gasteiger partial charge in [-0.3, -0.25) is 24.1 Å². The van der Waals surface area contributed by atoms with E-state index in [9.17, 15) is 4.79 Å². The van der Waals surface area contributed by atoms with E-state index < -0.39 is 0 Å². The van der Waals surface area contributed by atoms with Crippen molar-refractivity contribution in [3.8, 4) is 11.3 Å². The summed E-state index contributed by atoms with van der Waals surface area (Å²) in [5.74, 6) is 0.223. The molecule has 28 heavy (non-hydrogen) atoms. The first-order valence-corrected chi connectivity index (χ1v) is 9.37. The summed E-state index contributed by atoms with van der Waals surface area (Å²) in [6, 6.07) is 9.81. The van der Waals surface area contributed by atoms with Crippen LogP contribution in [-0.2, 0) is 4.79 Å². The number of rotatable bonds is 4. The van der Waals surface area contributed by atoms with E-state index in [4.69, 9.17) is 4.98 Å². The zero-order chi connectivity index (χ0) is 19.7. The van der Waals surface area contributed by atoms with Crippen molar-refractivity contribution in [3.05, 3.63) is 66.4 Å². The number of aliphatic imine (C=N–C) groups is 1. The number of pyridine rings is 2. The molecule has 6 heteroatoms. The fraction of sp³-hybridized carbons (Fsp3) is 0.273. The number of aromatic nitrogens is 3. The average molecular weight is 373 g/mol. The van der Waals surface area contributed by atoms with Gasteiger partial charge < -0.3 is 0 Å². The maximum Gasteiger partial charge on any atom is 0.137 e. The Balaban J connectivity index is 1.77. The lowest BCUT2D eigenvalue weighted by Crippen LogP contribution is -2.43. The molecule has 0 amide bonds. The molecule has 1 aliphatic heterocycles. The largest absolute Gasteiger partial charge is 0.300 e. The summed E-state index contributed by atoms with van der Waals surface area (Å²) < 4.78 is 2.07. The van der Waals surface area contributed by atoms with Crippen molar-refractivity contribution in [2.75, 3.05) is 7.05 Å². The van der Waals surface area contributed by atoms with E-state index in [1.54, 1.807) is 6.20 Å². The number of fused-ring (bicyclic) bond motifs is 1. The van der Waals surface area contributed by atoms with Gasteiger partial charge in [-0.2, -0.15) is 0 Å². The van der Waals surface area contributed by atoms with Crippen LogP contribution in [0, 0.1) is 0 Å². The minimum atomic E-state index is -0.0930. The van der Waals surface area contributed by atoms with E-state index in [0.717, 1.165) is 28.3 Å². The number of Topliss-reactive ketones (excluding diaryl/α,β-unsaturated/α-hetero) is 1. The van der Waals surface area contributed by atoms with Crippen LogP contribution in [0.1, 0.15) is 31.5 Å². The summed E-state index contributed by atoms with van der Waals surface area (Å²) in [5, 5.41) is 0. The smallest absolute Gasteiger partial charge is 0.137 e. The van der Waals surface area contributed by atoms with Gasteiger partial charge in [0.2, 0.25) is 0 Å². The van der Waals surface area contributed by atoms with Crippen LogP contribution in [0.4, 0.5) is 0 Å². The van der Waals surface area contributed by atoms with Crippen molar-refractivity contribution in [3.63, 3.8) is 0 Å². The molecule has 0 N–H and O–H groups in total. The van der Waals surface area contributed by atoms with Crippen LogP contribution in [0.2, 0.25) is 0 Å². The SMILES string of the molecule is C=N/C(=C/C)C1CC(=O)CC(c2cn3c(-c4cccnc4)cccc3n2)N1C. The molecule has 142 valence electrons. The molecule has 0 bridgehead atoms. The van der Waals surface area contributed by atoms with Crippen molar-refractivity contribution in [1.82, 2.24) is 19.3 Å². The molecule has 1 saturated heterocycles. The van der Waals surface area contributed by atoms with Crippen LogP contribution in [0.3, 0.4) is 0 Å². The van der Waals surface area contributed by atoms with E-state index in [1.807, 2.05) is 62.8 Å². The summed E-state index contributed by atoms with van der Waals surface area (Å²) >= 11 is 0. The van der Waals surface area contributed by atoms with Gasteiger partial charge in [0.25, 0.3) is 0 Å². The molecule has 0 saturated carbocycles. The minimum absolute atomic E-state index is 0.0728. The van der Waals surface area contributed by atoms with Crippen molar-refractivity contribution in [2.45, 2.75) is 31.8 Å². The molecule has 1 aliphatic rings. The molecule has 0 spiro atoms. The number of nitrogens with zero attached hydrogens (tertiary/aromatic N) is 5. The van der Waals surface area contributed by atoms with Crippen molar-refractivity contribution >= 4 is 18.1 Å². The van der Waals surface area contributed by atoms with Gasteiger partial charge in [0.15, 0.2) is 0 Å². The second kappa shape index (κ2) is 7.48. The average Bonchev–Trinajstić information content (AvgIpc) is 3.16. The molecule has 3 aromatic heterocycles. The third-order valence-electron chi connectivity index (χ3n) is 5.45. The predicted octanol–water partition coefficient (Wildman–Crippen LogP) is 3.71. The Bertz CT molecular complexity index is 1050. The normalized spacial score (nSPS) is 21.2. The summed E-state index contributed by atoms with van der Waals surface area (Å²) in [5.41, 5.74) is 4.62. The second-order valence-corrected chi connectivity index (χ2v) is 7.06. The molecule has 3 aromatic rings. The molecule has 2 unspecified atom stereocenters. The van der Waals surface area contributed by atoms with Crippen LogP contribution < -0.4 is 0 Å². The fourth-order valence-electron chi connectivity index (χ4n) is 3.97. The van der Waals surface area contributed by atoms with Gasteiger partial charge >= 0.3 is 0 Å². The van der Waals surface area contributed by atoms with Gasteiger partial charge in [-0.1, -0.05) is 12.1 Å². The third kappa shape index (κ3) is 3.16. The highest BCUT2D eigenvalue weighted by Gasteiger charge is 2.36. The molecule has 0 aliphatic carbocycles. The molecule has 1 fully saturated rings. The number of piperidine rings is 1. The van der Waals surface area contributed by atoms with Crippen LogP contribution in [0.5, 0.6) is 0 Å². The summed E-state index contributed by atoms with van der Waals surface area (Å²) in [6.07, 6.45) is 8.47. The Morgan fingerprint density at radius 2 is 2.14 bits per heavy atom. The lowest BCUT2D eigenvalue weighted by molar-refractivity contribution is -0.124. The van der Waals surface area contributed by atoms with E-state index in [-0.39, 0.29) is 17.9 Å². The molecule has 2 atom stereocenters. The zero-order valence-corrected chi connectivity index (χ0v) is 16.1. The van der Waals surface area contributed by atoms with E-state index >= 15 is 0 Å². The van der Waals surface area contributed by atoms with Crippen molar-refractivity contribution in [2.24, 2.45) is 4.99 Å². The lowest BCUT2D eigenvalue weighted by atomic mass is 9.91. The number of likely N-dealkylation sites (N-methyl/N-ethyl adjacent to an activating group) is 1. The van der Waals surface area contributed by atoms with Crippen LogP contribution in [0.25, 0.3) is 16.9 Å². The summed E-state index contributed by atoms with van der Waals surface area (Å²) in [6.45, 7) is 5.59. The minimum Gasteiger partial charge on any atom is -0.300 e. The highest BCUT2D eigenvalue weighted by atomic mass is 16.1. The van der Waals surface area contributed by atoms with Gasteiger partial charge in [0, 0.05) is 37.0 Å². The molecule has 0 radical (unpaired) electrons. The maximum atomic E-state index is 12.5. The highest BCUT2D eigenvalue weighted by Crippen LogP contribution is 2.34. The number of likely N-dealkylation sites (tertiary alicyclic amines) is 1. The first-order valence-electron chi connectivity index (χ1n) is 9.37. The lowest BCUT2D eigenvalue weighted by Gasteiger charge is -2.38. The van der Waals surface area contributed by atoms with Crippen molar-refractivity contribution < 1.29 is 4.79 Å². The molecule has 4 rings (SSSR count). The van der Waals surface area contributed by atoms with Crippen molar-refractivity contribution in [1.29, 1.82) is 0 Å². The zero-order valence-electron chi connectivity index (χ0n) is 16.1. The fourth-order valence-corrected chi connectivity index (χ4v) is 3.97. The Labute approximate surface area is 164 Å². The topological polar surface area (TPSA) is 62.9 Å².